The molecule has 5 atom stereocenters. The zero-order valence-electron chi connectivity index (χ0n) is 32.4. The normalized spacial score (nSPS) is 20.9. The molecule has 11 heteroatoms. The molecule has 2 aliphatic heterocycles. The first kappa shape index (κ1) is 40.9. The molecule has 0 aromatic heterocycles. The number of likely N-dealkylation sites (tertiary alicyclic amines) is 1. The van der Waals surface area contributed by atoms with E-state index in [2.05, 4.69) is 65.7 Å². The Hall–Kier alpha value is -5.33. The number of carbonyl (C=O) groups excluding carboxylic acids is 2. The molecule has 5 aromatic carbocycles. The third kappa shape index (κ3) is 10.0. The van der Waals surface area contributed by atoms with E-state index in [0.29, 0.717) is 17.9 Å². The maximum Gasteiger partial charge on any atom is 0.471 e. The van der Waals surface area contributed by atoms with Crippen molar-refractivity contribution in [2.45, 2.75) is 76.7 Å². The van der Waals surface area contributed by atoms with Crippen molar-refractivity contribution in [3.63, 3.8) is 0 Å². The highest BCUT2D eigenvalue weighted by Gasteiger charge is 2.47. The molecule has 2 N–H and O–H groups in total. The van der Waals surface area contributed by atoms with Gasteiger partial charge in [-0.25, -0.2) is 0 Å². The Balaban J connectivity index is 1.08. The third-order valence-corrected chi connectivity index (χ3v) is 11.0. The van der Waals surface area contributed by atoms with Crippen LogP contribution in [0.3, 0.4) is 0 Å². The van der Waals surface area contributed by atoms with E-state index < -0.39 is 30.3 Å². The lowest BCUT2D eigenvalue weighted by Gasteiger charge is -2.43. The van der Waals surface area contributed by atoms with E-state index in [0.717, 1.165) is 46.5 Å². The number of ether oxygens (including phenoxy) is 2. The van der Waals surface area contributed by atoms with E-state index in [9.17, 15) is 27.9 Å². The summed E-state index contributed by atoms with van der Waals surface area (Å²) in [5, 5.41) is 12.4. The zero-order chi connectivity index (χ0) is 40.6. The van der Waals surface area contributed by atoms with Gasteiger partial charge in [-0.05, 0) is 57.9 Å². The zero-order valence-corrected chi connectivity index (χ0v) is 32.4. The molecule has 302 valence electrons. The number of hydrogen-bond donors (Lipinski definition) is 2. The first-order valence-corrected chi connectivity index (χ1v) is 19.7. The summed E-state index contributed by atoms with van der Waals surface area (Å²) in [4.78, 5) is 27.8. The van der Waals surface area contributed by atoms with Gasteiger partial charge in [0.2, 0.25) is 5.91 Å². The summed E-state index contributed by atoms with van der Waals surface area (Å²) in [6.07, 6.45) is -5.63. The smallest absolute Gasteiger partial charge is 0.392 e. The van der Waals surface area contributed by atoms with Crippen molar-refractivity contribution in [3.8, 4) is 11.1 Å². The summed E-state index contributed by atoms with van der Waals surface area (Å²) in [5.74, 6) is -2.59. The van der Waals surface area contributed by atoms with Gasteiger partial charge in [-0.3, -0.25) is 14.5 Å². The average Bonchev–Trinajstić information content (AvgIpc) is 3.74. The van der Waals surface area contributed by atoms with Crippen LogP contribution in [0.4, 0.5) is 13.2 Å². The van der Waals surface area contributed by atoms with Crippen molar-refractivity contribution >= 4 is 11.8 Å². The maximum absolute atomic E-state index is 13.1. The molecule has 0 saturated carbocycles. The number of rotatable bonds is 13. The Morgan fingerprint density at radius 2 is 1.38 bits per heavy atom. The standard InChI is InChI=1S/C47H48F3N3O5/c1-32-42(30-52(28-33-10-4-2-5-11-33)29-34-12-6-3-7-13-34)57-45(58-43(32)38-19-17-35(31-54)18-20-38)39-23-21-37(22-24-39)40-15-8-14-36(26-40)27-51-44(55)41-16-9-25-53(41)46(56)47(48,49)50/h2-8,10-15,17-24,26,32,41-43,45,54H,9,16,25,27-31H2,1H3,(H,51,55)/t32-,41-,42+,43+,45+/m0/s1. The Morgan fingerprint density at radius 1 is 0.759 bits per heavy atom. The van der Waals surface area contributed by atoms with Gasteiger partial charge in [0.05, 0.1) is 18.8 Å². The van der Waals surface area contributed by atoms with Gasteiger partial charge in [-0.2, -0.15) is 13.2 Å². The summed E-state index contributed by atoms with van der Waals surface area (Å²) in [5.41, 5.74) is 7.70. The lowest BCUT2D eigenvalue weighted by atomic mass is 9.89. The van der Waals surface area contributed by atoms with Gasteiger partial charge < -0.3 is 24.8 Å². The fraction of sp³-hybridized carbons (Fsp3) is 0.319. The highest BCUT2D eigenvalue weighted by atomic mass is 19.4. The van der Waals surface area contributed by atoms with Crippen molar-refractivity contribution in [2.24, 2.45) is 5.92 Å². The SMILES string of the molecule is C[C@H]1[C@@H](CN(Cc2ccccc2)Cc2ccccc2)O[C@@H](c2ccc(-c3cccc(CNC(=O)[C@@H]4CCCN4C(=O)C(F)(F)F)c3)cc2)O[C@H]1c1ccc(CO)cc1. The van der Waals surface area contributed by atoms with Crippen molar-refractivity contribution in [2.75, 3.05) is 13.1 Å². The summed E-state index contributed by atoms with van der Waals surface area (Å²) in [6, 6.07) is 43.1. The number of alkyl halides is 3. The second kappa shape index (κ2) is 18.5. The molecule has 0 aliphatic carbocycles. The second-order valence-corrected chi connectivity index (χ2v) is 15.2. The Kier molecular flexibility index (Phi) is 13.0. The van der Waals surface area contributed by atoms with E-state index in [-0.39, 0.29) is 44.2 Å². The van der Waals surface area contributed by atoms with Crippen LogP contribution in [0.1, 0.15) is 65.5 Å². The minimum absolute atomic E-state index is 0.00496. The van der Waals surface area contributed by atoms with Gasteiger partial charge in [0.15, 0.2) is 6.29 Å². The van der Waals surface area contributed by atoms with Crippen molar-refractivity contribution in [1.82, 2.24) is 15.1 Å². The molecule has 2 amide bonds. The minimum Gasteiger partial charge on any atom is -0.392 e. The molecule has 5 aromatic rings. The number of amides is 2. The highest BCUT2D eigenvalue weighted by Crippen LogP contribution is 2.42. The summed E-state index contributed by atoms with van der Waals surface area (Å²) in [6.45, 7) is 4.28. The van der Waals surface area contributed by atoms with Crippen LogP contribution in [0.25, 0.3) is 11.1 Å². The lowest BCUT2D eigenvalue weighted by molar-refractivity contribution is -0.276. The number of aliphatic hydroxyl groups excluding tert-OH is 1. The third-order valence-electron chi connectivity index (χ3n) is 11.0. The first-order valence-electron chi connectivity index (χ1n) is 19.7. The molecule has 0 unspecified atom stereocenters. The molecule has 8 nitrogen and oxygen atoms in total. The molecule has 0 bridgehead atoms. The van der Waals surface area contributed by atoms with Crippen LogP contribution in [0, 0.1) is 5.92 Å². The van der Waals surface area contributed by atoms with Gasteiger partial charge in [-0.15, -0.1) is 0 Å². The number of nitrogens with zero attached hydrogens (tertiary/aromatic N) is 2. The average molecular weight is 792 g/mol. The number of halogens is 3. The number of nitrogens with one attached hydrogen (secondary N) is 1. The van der Waals surface area contributed by atoms with E-state index in [1.807, 2.05) is 84.9 Å². The van der Waals surface area contributed by atoms with E-state index in [1.54, 1.807) is 0 Å². The van der Waals surface area contributed by atoms with Crippen LogP contribution in [-0.2, 0) is 45.3 Å². The molecule has 0 radical (unpaired) electrons. The summed E-state index contributed by atoms with van der Waals surface area (Å²) in [7, 11) is 0. The predicted molar refractivity (Wildman–Crippen MR) is 214 cm³/mol. The number of carbonyl (C=O) groups is 2. The molecule has 2 fully saturated rings. The summed E-state index contributed by atoms with van der Waals surface area (Å²) < 4.78 is 52.9. The summed E-state index contributed by atoms with van der Waals surface area (Å²) >= 11 is 0. The quantitative estimate of drug-likeness (QED) is 0.124. The Labute approximate surface area is 337 Å². The first-order chi connectivity index (χ1) is 28.1. The minimum atomic E-state index is -5.02. The molecule has 58 heavy (non-hydrogen) atoms. The van der Waals surface area contributed by atoms with Crippen molar-refractivity contribution < 1.29 is 37.3 Å². The molecule has 2 saturated heterocycles. The van der Waals surface area contributed by atoms with Gasteiger partial charge in [0, 0.05) is 44.2 Å². The van der Waals surface area contributed by atoms with E-state index in [1.165, 1.54) is 11.1 Å². The largest absolute Gasteiger partial charge is 0.471 e. The van der Waals surface area contributed by atoms with Gasteiger partial charge in [0.1, 0.15) is 6.04 Å². The van der Waals surface area contributed by atoms with Crippen LogP contribution < -0.4 is 5.32 Å². The molecular formula is C47H48F3N3O5. The van der Waals surface area contributed by atoms with E-state index in [4.69, 9.17) is 9.47 Å². The van der Waals surface area contributed by atoms with Gasteiger partial charge in [0.25, 0.3) is 0 Å². The number of hydrogen-bond acceptors (Lipinski definition) is 6. The molecule has 2 heterocycles. The fourth-order valence-corrected chi connectivity index (χ4v) is 7.90. The highest BCUT2D eigenvalue weighted by molar-refractivity contribution is 5.90. The Bertz CT molecular complexity index is 2070. The molecular weight excluding hydrogens is 744 g/mol. The monoisotopic (exact) mass is 791 g/mol. The van der Waals surface area contributed by atoms with Crippen LogP contribution >= 0.6 is 0 Å². The van der Waals surface area contributed by atoms with Gasteiger partial charge in [-0.1, -0.05) is 134 Å². The van der Waals surface area contributed by atoms with Crippen LogP contribution in [0.5, 0.6) is 0 Å². The van der Waals surface area contributed by atoms with Crippen LogP contribution in [0.2, 0.25) is 0 Å². The van der Waals surface area contributed by atoms with Gasteiger partial charge >= 0.3 is 12.1 Å². The van der Waals surface area contributed by atoms with Crippen molar-refractivity contribution in [3.05, 3.63) is 167 Å². The predicted octanol–water partition coefficient (Wildman–Crippen LogP) is 8.51. The van der Waals surface area contributed by atoms with Crippen LogP contribution in [-0.4, -0.2) is 58.1 Å². The number of benzene rings is 5. The fourth-order valence-electron chi connectivity index (χ4n) is 7.90. The molecule has 2 aliphatic rings. The lowest BCUT2D eigenvalue weighted by Crippen LogP contribution is -2.50. The number of aliphatic hydroxyl groups is 1. The van der Waals surface area contributed by atoms with Crippen LogP contribution in [0.15, 0.2) is 133 Å². The maximum atomic E-state index is 13.1. The van der Waals surface area contributed by atoms with Crippen molar-refractivity contribution in [1.29, 1.82) is 0 Å². The van der Waals surface area contributed by atoms with E-state index >= 15 is 0 Å². The molecule has 0 spiro atoms. The topological polar surface area (TPSA) is 91.3 Å². The second-order valence-electron chi connectivity index (χ2n) is 15.2. The Morgan fingerprint density at radius 3 is 2.00 bits per heavy atom. The molecule has 7 rings (SSSR count).